The molecule has 1 aromatic carbocycles. The minimum Gasteiger partial charge on any atom is -0.348 e. The first-order valence-corrected chi connectivity index (χ1v) is 6.75. The number of benzene rings is 1. The van der Waals surface area contributed by atoms with Crippen LogP contribution in [0, 0.1) is 0 Å². The predicted molar refractivity (Wildman–Crippen MR) is 81.5 cm³/mol. The van der Waals surface area contributed by atoms with Gasteiger partial charge in [0.2, 0.25) is 0 Å². The second-order valence-corrected chi connectivity index (χ2v) is 5.11. The normalized spacial score (nSPS) is 10.7. The van der Waals surface area contributed by atoms with Crippen LogP contribution in [0.1, 0.15) is 13.8 Å². The summed E-state index contributed by atoms with van der Waals surface area (Å²) in [7, 11) is 0. The third kappa shape index (κ3) is 2.62. The number of nitrogens with zero attached hydrogens (tertiary/aromatic N) is 3. The number of hydrogen-bond acceptors (Lipinski definition) is 2. The lowest BCUT2D eigenvalue weighted by Crippen LogP contribution is -1.97. The second-order valence-electron chi connectivity index (χ2n) is 5.11. The maximum absolute atomic E-state index is 4.62. The van der Waals surface area contributed by atoms with Crippen LogP contribution in [0.4, 0.5) is 0 Å². The maximum Gasteiger partial charge on any atom is 0.160 e. The largest absolute Gasteiger partial charge is 0.348 e. The van der Waals surface area contributed by atoms with Crippen LogP contribution in [0.3, 0.4) is 0 Å². The predicted octanol–water partition coefficient (Wildman–Crippen LogP) is 4.02. The van der Waals surface area contributed by atoms with Gasteiger partial charge in [0.25, 0.3) is 0 Å². The third-order valence-electron chi connectivity index (χ3n) is 3.17. The molecular formula is C17H17N3. The average Bonchev–Trinajstić information content (AvgIpc) is 2.89. The Kier molecular flexibility index (Phi) is 3.33. The summed E-state index contributed by atoms with van der Waals surface area (Å²) < 4.78 is 2.12. The number of fused-ring (bicyclic) bond motifs is 1. The Balaban J connectivity index is 1.96. The standard InChI is InChI=1S/C17H17N3/c1-13(2)8-10-20-11-9-15-16(12-20)19-17(18-15)14-6-4-3-5-7-14/h3-9,11-12H,10H2,1-2H3. The molecule has 0 amide bonds. The maximum atomic E-state index is 4.62. The molecule has 20 heavy (non-hydrogen) atoms. The summed E-state index contributed by atoms with van der Waals surface area (Å²) in [5, 5.41) is 0. The highest BCUT2D eigenvalue weighted by Gasteiger charge is 2.11. The summed E-state index contributed by atoms with van der Waals surface area (Å²) in [6.07, 6.45) is 6.29. The minimum absolute atomic E-state index is 0.792. The van der Waals surface area contributed by atoms with E-state index in [2.05, 4.69) is 34.5 Å². The van der Waals surface area contributed by atoms with E-state index >= 15 is 0 Å². The van der Waals surface area contributed by atoms with E-state index in [1.54, 1.807) is 0 Å². The smallest absolute Gasteiger partial charge is 0.160 e. The molecule has 0 saturated heterocycles. The SMILES string of the molecule is CC(C)=CCn1ccc2nc(-c3ccccc3)nc-2c1. The van der Waals surface area contributed by atoms with Gasteiger partial charge in [-0.25, -0.2) is 9.97 Å². The number of hydrogen-bond donors (Lipinski definition) is 0. The van der Waals surface area contributed by atoms with Crippen molar-refractivity contribution in [3.8, 4) is 22.8 Å². The van der Waals surface area contributed by atoms with E-state index in [9.17, 15) is 0 Å². The van der Waals surface area contributed by atoms with Crippen molar-refractivity contribution in [1.29, 1.82) is 0 Å². The number of allylic oxidation sites excluding steroid dienone is 2. The molecule has 0 bridgehead atoms. The molecule has 0 N–H and O–H groups in total. The Morgan fingerprint density at radius 1 is 1.05 bits per heavy atom. The summed E-state index contributed by atoms with van der Waals surface area (Å²) in [4.78, 5) is 9.20. The van der Waals surface area contributed by atoms with Gasteiger partial charge in [-0.3, -0.25) is 0 Å². The molecule has 0 spiro atoms. The Hall–Kier alpha value is -2.42. The average molecular weight is 263 g/mol. The van der Waals surface area contributed by atoms with Gasteiger partial charge in [-0.1, -0.05) is 42.0 Å². The van der Waals surface area contributed by atoms with Crippen molar-refractivity contribution in [2.24, 2.45) is 0 Å². The van der Waals surface area contributed by atoms with Gasteiger partial charge in [0, 0.05) is 24.5 Å². The van der Waals surface area contributed by atoms with Crippen LogP contribution in [-0.4, -0.2) is 14.5 Å². The first kappa shape index (κ1) is 12.6. The fourth-order valence-corrected chi connectivity index (χ4v) is 2.07. The molecule has 0 aromatic heterocycles. The van der Waals surface area contributed by atoms with Crippen molar-refractivity contribution in [3.05, 3.63) is 60.4 Å². The van der Waals surface area contributed by atoms with E-state index in [0.29, 0.717) is 0 Å². The first-order valence-electron chi connectivity index (χ1n) is 6.75. The number of rotatable bonds is 3. The van der Waals surface area contributed by atoms with Gasteiger partial charge in [-0.2, -0.15) is 0 Å². The number of aromatic nitrogens is 3. The molecule has 0 aliphatic carbocycles. The number of pyridine rings is 1. The molecule has 0 atom stereocenters. The Labute approximate surface area is 119 Å². The van der Waals surface area contributed by atoms with Crippen LogP contribution in [0.15, 0.2) is 60.4 Å². The van der Waals surface area contributed by atoms with Crippen LogP contribution in [0.2, 0.25) is 0 Å². The molecule has 2 aliphatic heterocycles. The van der Waals surface area contributed by atoms with Crippen LogP contribution >= 0.6 is 0 Å². The van der Waals surface area contributed by atoms with Crippen molar-refractivity contribution in [2.75, 3.05) is 0 Å². The number of imidazole rings is 1. The molecule has 3 rings (SSSR count). The molecule has 0 fully saturated rings. The topological polar surface area (TPSA) is 30.7 Å². The van der Waals surface area contributed by atoms with Gasteiger partial charge >= 0.3 is 0 Å². The molecule has 3 nitrogen and oxygen atoms in total. The summed E-state index contributed by atoms with van der Waals surface area (Å²) in [6, 6.07) is 12.1. The van der Waals surface area contributed by atoms with Crippen LogP contribution in [0.25, 0.3) is 22.8 Å². The Morgan fingerprint density at radius 2 is 1.80 bits per heavy atom. The Bertz CT molecular complexity index is 706. The summed E-state index contributed by atoms with van der Waals surface area (Å²) in [6.45, 7) is 5.08. The lowest BCUT2D eigenvalue weighted by Gasteiger charge is -2.04. The molecule has 1 aromatic rings. The van der Waals surface area contributed by atoms with Crippen molar-refractivity contribution < 1.29 is 0 Å². The van der Waals surface area contributed by atoms with E-state index < -0.39 is 0 Å². The lowest BCUT2D eigenvalue weighted by molar-refractivity contribution is 0.806. The van der Waals surface area contributed by atoms with E-state index in [4.69, 9.17) is 0 Å². The molecular weight excluding hydrogens is 246 g/mol. The Morgan fingerprint density at radius 3 is 2.55 bits per heavy atom. The van der Waals surface area contributed by atoms with Crippen molar-refractivity contribution in [2.45, 2.75) is 20.4 Å². The fraction of sp³-hybridized carbons (Fsp3) is 0.176. The molecule has 3 heteroatoms. The second kappa shape index (κ2) is 5.29. The lowest BCUT2D eigenvalue weighted by atomic mass is 10.2. The van der Waals surface area contributed by atoms with E-state index in [-0.39, 0.29) is 0 Å². The van der Waals surface area contributed by atoms with Gasteiger partial charge in [0.05, 0.1) is 5.69 Å². The van der Waals surface area contributed by atoms with Crippen molar-refractivity contribution >= 4 is 0 Å². The van der Waals surface area contributed by atoms with E-state index in [1.807, 2.05) is 48.8 Å². The highest BCUT2D eigenvalue weighted by Crippen LogP contribution is 2.24. The fourth-order valence-electron chi connectivity index (χ4n) is 2.07. The van der Waals surface area contributed by atoms with Crippen LogP contribution < -0.4 is 0 Å². The molecule has 2 heterocycles. The van der Waals surface area contributed by atoms with Crippen LogP contribution in [-0.2, 0) is 6.54 Å². The van der Waals surface area contributed by atoms with E-state index in [0.717, 1.165) is 29.3 Å². The van der Waals surface area contributed by atoms with Gasteiger partial charge in [-0.05, 0) is 19.9 Å². The molecule has 0 saturated carbocycles. The van der Waals surface area contributed by atoms with Gasteiger partial charge in [0.15, 0.2) is 5.82 Å². The van der Waals surface area contributed by atoms with Gasteiger partial charge in [-0.15, -0.1) is 0 Å². The summed E-state index contributed by atoms with van der Waals surface area (Å²) in [5.74, 6) is 0.792. The quantitative estimate of drug-likeness (QED) is 0.668. The highest BCUT2D eigenvalue weighted by molar-refractivity contribution is 5.65. The summed E-state index contributed by atoms with van der Waals surface area (Å²) in [5.41, 5.74) is 4.25. The van der Waals surface area contributed by atoms with E-state index in [1.165, 1.54) is 5.57 Å². The monoisotopic (exact) mass is 263 g/mol. The minimum atomic E-state index is 0.792. The van der Waals surface area contributed by atoms with Crippen LogP contribution in [0.5, 0.6) is 0 Å². The van der Waals surface area contributed by atoms with Gasteiger partial charge < -0.3 is 4.57 Å². The third-order valence-corrected chi connectivity index (χ3v) is 3.17. The molecule has 0 radical (unpaired) electrons. The molecule has 0 unspecified atom stereocenters. The van der Waals surface area contributed by atoms with Gasteiger partial charge in [0.1, 0.15) is 5.69 Å². The van der Waals surface area contributed by atoms with Crippen molar-refractivity contribution in [3.63, 3.8) is 0 Å². The zero-order valence-electron chi connectivity index (χ0n) is 11.7. The zero-order chi connectivity index (χ0) is 13.9. The highest BCUT2D eigenvalue weighted by atomic mass is 15.0. The van der Waals surface area contributed by atoms with Crippen molar-refractivity contribution in [1.82, 2.24) is 14.5 Å². The summed E-state index contributed by atoms with van der Waals surface area (Å²) >= 11 is 0. The molecule has 100 valence electrons. The zero-order valence-corrected chi connectivity index (χ0v) is 11.7. The molecule has 2 aliphatic rings. The first-order chi connectivity index (χ1) is 9.72.